The molecule has 0 aliphatic heterocycles. The molecule has 1 aromatic heterocycles. The fourth-order valence-corrected chi connectivity index (χ4v) is 3.00. The minimum Gasteiger partial charge on any atom is -0.284 e. The molecule has 4 heteroatoms. The van der Waals surface area contributed by atoms with Gasteiger partial charge in [0.1, 0.15) is 4.47 Å². The van der Waals surface area contributed by atoms with Gasteiger partial charge in [-0.15, -0.1) is 0 Å². The zero-order valence-corrected chi connectivity index (χ0v) is 11.1. The Bertz CT molecular complexity index is 608. The number of rotatable bonds is 2. The van der Waals surface area contributed by atoms with E-state index >= 15 is 0 Å². The summed E-state index contributed by atoms with van der Waals surface area (Å²) in [6, 6.07) is 9.74. The summed E-state index contributed by atoms with van der Waals surface area (Å²) in [5.74, 6) is 0.548. The van der Waals surface area contributed by atoms with Crippen LogP contribution in [-0.2, 0) is 7.05 Å². The normalized spacial score (nSPS) is 15.2. The zero-order chi connectivity index (χ0) is 12.0. The molecule has 1 heterocycles. The molecule has 3 nitrogen and oxygen atoms in total. The van der Waals surface area contributed by atoms with Gasteiger partial charge in [0.2, 0.25) is 0 Å². The van der Waals surface area contributed by atoms with Crippen LogP contribution >= 0.6 is 15.9 Å². The van der Waals surface area contributed by atoms with E-state index in [-0.39, 0.29) is 5.56 Å². The molecule has 1 saturated carbocycles. The highest BCUT2D eigenvalue weighted by atomic mass is 79.9. The third kappa shape index (κ3) is 1.67. The van der Waals surface area contributed by atoms with Crippen LogP contribution in [0.4, 0.5) is 0 Å². The Labute approximate surface area is 108 Å². The number of hydrogen-bond donors (Lipinski definition) is 0. The Balaban J connectivity index is 2.24. The Morgan fingerprint density at radius 1 is 1.24 bits per heavy atom. The maximum atomic E-state index is 12.2. The molecule has 0 bridgehead atoms. The first kappa shape index (κ1) is 10.8. The van der Waals surface area contributed by atoms with Crippen molar-refractivity contribution in [1.29, 1.82) is 0 Å². The summed E-state index contributed by atoms with van der Waals surface area (Å²) in [6.45, 7) is 0. The minimum atomic E-state index is 0.0283. The SMILES string of the molecule is Cn1c(C2CC2)c(Br)c(=O)n1-c1ccccc1. The van der Waals surface area contributed by atoms with Gasteiger partial charge < -0.3 is 0 Å². The second-order valence-electron chi connectivity index (χ2n) is 4.45. The van der Waals surface area contributed by atoms with Crippen molar-refractivity contribution >= 4 is 15.9 Å². The first-order chi connectivity index (χ1) is 8.20. The van der Waals surface area contributed by atoms with Crippen molar-refractivity contribution in [1.82, 2.24) is 9.36 Å². The smallest absolute Gasteiger partial charge is 0.284 e. The van der Waals surface area contributed by atoms with Gasteiger partial charge in [-0.2, -0.15) is 0 Å². The molecule has 1 aliphatic rings. The van der Waals surface area contributed by atoms with Crippen molar-refractivity contribution < 1.29 is 0 Å². The highest BCUT2D eigenvalue weighted by Gasteiger charge is 2.31. The molecule has 88 valence electrons. The first-order valence-corrected chi connectivity index (χ1v) is 6.52. The lowest BCUT2D eigenvalue weighted by molar-refractivity contribution is 0.616. The van der Waals surface area contributed by atoms with Gasteiger partial charge in [-0.1, -0.05) is 18.2 Å². The monoisotopic (exact) mass is 292 g/mol. The molecular weight excluding hydrogens is 280 g/mol. The van der Waals surface area contributed by atoms with E-state index < -0.39 is 0 Å². The molecule has 0 spiro atoms. The second-order valence-corrected chi connectivity index (χ2v) is 5.24. The topological polar surface area (TPSA) is 26.9 Å². The van der Waals surface area contributed by atoms with Crippen LogP contribution in [0.25, 0.3) is 5.69 Å². The number of nitrogens with zero attached hydrogens (tertiary/aromatic N) is 2. The fourth-order valence-electron chi connectivity index (χ4n) is 2.25. The second kappa shape index (κ2) is 3.88. The van der Waals surface area contributed by atoms with Gasteiger partial charge in [0.25, 0.3) is 5.56 Å². The third-order valence-corrected chi connectivity index (χ3v) is 3.96. The average molecular weight is 293 g/mol. The van der Waals surface area contributed by atoms with E-state index in [1.54, 1.807) is 4.68 Å². The van der Waals surface area contributed by atoms with Crippen molar-refractivity contribution in [2.45, 2.75) is 18.8 Å². The van der Waals surface area contributed by atoms with Gasteiger partial charge in [0.15, 0.2) is 0 Å². The number of hydrogen-bond acceptors (Lipinski definition) is 1. The maximum Gasteiger partial charge on any atom is 0.285 e. The maximum absolute atomic E-state index is 12.2. The Hall–Kier alpha value is -1.29. The first-order valence-electron chi connectivity index (χ1n) is 5.73. The van der Waals surface area contributed by atoms with E-state index in [4.69, 9.17) is 0 Å². The third-order valence-electron chi connectivity index (χ3n) is 3.22. The van der Waals surface area contributed by atoms with Gasteiger partial charge in [0.05, 0.1) is 11.4 Å². The van der Waals surface area contributed by atoms with E-state index in [0.29, 0.717) is 10.4 Å². The van der Waals surface area contributed by atoms with E-state index in [2.05, 4.69) is 15.9 Å². The van der Waals surface area contributed by atoms with Crippen LogP contribution in [0.3, 0.4) is 0 Å². The molecule has 0 radical (unpaired) electrons. The zero-order valence-electron chi connectivity index (χ0n) is 9.56. The van der Waals surface area contributed by atoms with Crippen LogP contribution in [0, 0.1) is 0 Å². The Kier molecular flexibility index (Phi) is 2.47. The molecule has 1 fully saturated rings. The molecule has 0 amide bonds. The van der Waals surface area contributed by atoms with Crippen molar-refractivity contribution in [2.24, 2.45) is 7.05 Å². The summed E-state index contributed by atoms with van der Waals surface area (Å²) in [4.78, 5) is 12.2. The summed E-state index contributed by atoms with van der Waals surface area (Å²) in [5, 5.41) is 0. The molecule has 1 aromatic carbocycles. The Morgan fingerprint density at radius 3 is 2.47 bits per heavy atom. The van der Waals surface area contributed by atoms with E-state index in [1.807, 2.05) is 42.1 Å². The van der Waals surface area contributed by atoms with Crippen LogP contribution in [0.5, 0.6) is 0 Å². The molecule has 3 rings (SSSR count). The van der Waals surface area contributed by atoms with Crippen LogP contribution in [-0.4, -0.2) is 9.36 Å². The lowest BCUT2D eigenvalue weighted by Gasteiger charge is -2.09. The van der Waals surface area contributed by atoms with E-state index in [9.17, 15) is 4.79 Å². The van der Waals surface area contributed by atoms with Crippen molar-refractivity contribution in [3.63, 3.8) is 0 Å². The highest BCUT2D eigenvalue weighted by Crippen LogP contribution is 2.42. The predicted molar refractivity (Wildman–Crippen MR) is 70.7 cm³/mol. The van der Waals surface area contributed by atoms with Gasteiger partial charge in [-0.05, 0) is 40.9 Å². The van der Waals surface area contributed by atoms with Crippen LogP contribution in [0.2, 0.25) is 0 Å². The lowest BCUT2D eigenvalue weighted by Crippen LogP contribution is -2.19. The Morgan fingerprint density at radius 2 is 1.88 bits per heavy atom. The van der Waals surface area contributed by atoms with Crippen LogP contribution in [0.15, 0.2) is 39.6 Å². The van der Waals surface area contributed by atoms with Gasteiger partial charge in [-0.3, -0.25) is 9.48 Å². The molecule has 0 saturated heterocycles. The fraction of sp³-hybridized carbons (Fsp3) is 0.308. The molecule has 2 aromatic rings. The van der Waals surface area contributed by atoms with Crippen molar-refractivity contribution in [3.8, 4) is 5.69 Å². The molecule has 0 atom stereocenters. The molecular formula is C13H13BrN2O. The number of aromatic nitrogens is 2. The standard InChI is InChI=1S/C13H13BrN2O/c1-15-12(9-7-8-9)11(14)13(17)16(15)10-5-3-2-4-6-10/h2-6,9H,7-8H2,1H3. The average Bonchev–Trinajstić information content (AvgIpc) is 3.12. The summed E-state index contributed by atoms with van der Waals surface area (Å²) in [6.07, 6.45) is 2.37. The number of para-hydroxylation sites is 1. The molecule has 1 aliphatic carbocycles. The lowest BCUT2D eigenvalue weighted by atomic mass is 10.3. The quantitative estimate of drug-likeness (QED) is 0.836. The molecule has 0 unspecified atom stereocenters. The van der Waals surface area contributed by atoms with Gasteiger partial charge in [-0.25, -0.2) is 4.68 Å². The van der Waals surface area contributed by atoms with Crippen LogP contribution < -0.4 is 5.56 Å². The molecule has 17 heavy (non-hydrogen) atoms. The van der Waals surface area contributed by atoms with Gasteiger partial charge in [0, 0.05) is 13.0 Å². The summed E-state index contributed by atoms with van der Waals surface area (Å²) >= 11 is 3.44. The van der Waals surface area contributed by atoms with Crippen molar-refractivity contribution in [3.05, 3.63) is 50.9 Å². The van der Waals surface area contributed by atoms with Crippen molar-refractivity contribution in [2.75, 3.05) is 0 Å². The predicted octanol–water partition coefficient (Wildman–Crippen LogP) is 2.82. The highest BCUT2D eigenvalue weighted by molar-refractivity contribution is 9.10. The van der Waals surface area contributed by atoms with E-state index in [1.165, 1.54) is 12.8 Å². The number of halogens is 1. The van der Waals surface area contributed by atoms with Gasteiger partial charge >= 0.3 is 0 Å². The number of benzene rings is 1. The summed E-state index contributed by atoms with van der Waals surface area (Å²) < 4.78 is 4.41. The van der Waals surface area contributed by atoms with Crippen LogP contribution in [0.1, 0.15) is 24.5 Å². The summed E-state index contributed by atoms with van der Waals surface area (Å²) in [7, 11) is 1.95. The van der Waals surface area contributed by atoms with E-state index in [0.717, 1.165) is 11.4 Å². The molecule has 0 N–H and O–H groups in total. The minimum absolute atomic E-state index is 0.0283. The largest absolute Gasteiger partial charge is 0.285 e. The summed E-state index contributed by atoms with van der Waals surface area (Å²) in [5.41, 5.74) is 2.06.